The molecule has 8 heterocycles. The average Bonchev–Trinajstić information content (AvgIpc) is 4.29. The molecule has 0 atom stereocenters. The van der Waals surface area contributed by atoms with Gasteiger partial charge in [0.05, 0.1) is 56.2 Å². The third kappa shape index (κ3) is 7.09. The molecule has 12 rings (SSSR count). The highest BCUT2D eigenvalue weighted by molar-refractivity contribution is 5.90. The van der Waals surface area contributed by atoms with Crippen LogP contribution in [0.4, 0.5) is 4.39 Å². The molecule has 0 bridgehead atoms. The molecule has 10 aromatic rings. The smallest absolute Gasteiger partial charge is 0.221 e. The Morgan fingerprint density at radius 2 is 0.926 bits per heavy atom. The van der Waals surface area contributed by atoms with Crippen LogP contribution in [-0.2, 0) is 25.4 Å². The second-order valence-corrected chi connectivity index (χ2v) is 18.0. The van der Waals surface area contributed by atoms with Gasteiger partial charge in [0, 0.05) is 73.0 Å². The molecule has 2 fully saturated rings. The number of hydrogen-bond acceptors (Lipinski definition) is 11. The highest BCUT2D eigenvalue weighted by atomic mass is 19.1. The van der Waals surface area contributed by atoms with Gasteiger partial charge in [-0.2, -0.15) is 0 Å². The molecule has 2 aromatic carbocycles. The molecular weight excluding hydrogens is 856 g/mol. The summed E-state index contributed by atoms with van der Waals surface area (Å²) in [6, 6.07) is 29.7. The van der Waals surface area contributed by atoms with E-state index >= 15 is 4.39 Å². The summed E-state index contributed by atoms with van der Waals surface area (Å²) in [6.45, 7) is 7.59. The summed E-state index contributed by atoms with van der Waals surface area (Å²) in [6.07, 6.45) is 11.1. The minimum Gasteiger partial charge on any atom is -0.373 e. The average molecular weight is 905 g/mol. The number of benzene rings is 2. The molecule has 340 valence electrons. The van der Waals surface area contributed by atoms with E-state index in [-0.39, 0.29) is 11.4 Å². The monoisotopic (exact) mass is 904 g/mol. The van der Waals surface area contributed by atoms with Crippen LogP contribution >= 0.6 is 0 Å². The maximum Gasteiger partial charge on any atom is 0.221 e. The number of alkyl halides is 1. The largest absolute Gasteiger partial charge is 0.373 e. The van der Waals surface area contributed by atoms with Crippen molar-refractivity contribution in [3.8, 4) is 22.3 Å². The Labute approximate surface area is 391 Å². The Morgan fingerprint density at radius 3 is 1.28 bits per heavy atom. The first-order valence-electron chi connectivity index (χ1n) is 22.9. The van der Waals surface area contributed by atoms with Gasteiger partial charge in [0.1, 0.15) is 23.2 Å². The number of pyridine rings is 4. The van der Waals surface area contributed by atoms with Crippen LogP contribution in [0.5, 0.6) is 0 Å². The van der Waals surface area contributed by atoms with Crippen LogP contribution < -0.4 is 0 Å². The number of halogens is 1. The molecule has 0 saturated heterocycles. The fraction of sp³-hybridized carbons (Fsp3) is 0.259. The van der Waals surface area contributed by atoms with Crippen LogP contribution in [0.1, 0.15) is 106 Å². The fourth-order valence-corrected chi connectivity index (χ4v) is 9.87. The second kappa shape index (κ2) is 16.6. The Kier molecular flexibility index (Phi) is 10.4. The number of aliphatic hydroxyl groups is 1. The number of rotatable bonds is 10. The van der Waals surface area contributed by atoms with E-state index in [2.05, 4.69) is 40.9 Å². The normalized spacial score (nSPS) is 14.1. The highest BCUT2D eigenvalue weighted by Crippen LogP contribution is 2.48. The van der Waals surface area contributed by atoms with Crippen molar-refractivity contribution in [2.24, 2.45) is 14.1 Å². The SMILES string of the molecule is Cc1noc(C)c1-c1cc(C(F)(c2ccccn2)c2ccccn2)c2c(c1)nc(C1CC1)n2C.Cc1noc(C)c1-c1cc(C(O)(c2ccccn2)c2ccccn2)c2c(c1)nc(C1CC1)n2C. The topological polar surface area (TPSA) is 159 Å². The Morgan fingerprint density at radius 1 is 0.544 bits per heavy atom. The van der Waals surface area contributed by atoms with Crippen molar-refractivity contribution in [2.45, 2.75) is 76.5 Å². The fourth-order valence-electron chi connectivity index (χ4n) is 9.87. The zero-order chi connectivity index (χ0) is 46.9. The molecule has 0 unspecified atom stereocenters. The molecule has 0 amide bonds. The quantitative estimate of drug-likeness (QED) is 0.139. The lowest BCUT2D eigenvalue weighted by Gasteiger charge is -2.29. The molecule has 2 aliphatic carbocycles. The minimum atomic E-state index is -2.09. The summed E-state index contributed by atoms with van der Waals surface area (Å²) < 4.78 is 32.8. The maximum absolute atomic E-state index is 17.7. The van der Waals surface area contributed by atoms with E-state index in [1.54, 1.807) is 61.2 Å². The summed E-state index contributed by atoms with van der Waals surface area (Å²) in [5.74, 6) is 4.28. The molecule has 1 N–H and O–H groups in total. The number of aryl methyl sites for hydroxylation is 6. The van der Waals surface area contributed by atoms with Gasteiger partial charge in [0.2, 0.25) is 5.67 Å². The summed E-state index contributed by atoms with van der Waals surface area (Å²) in [4.78, 5) is 28.0. The lowest BCUT2D eigenvalue weighted by atomic mass is 9.83. The van der Waals surface area contributed by atoms with Crippen LogP contribution in [0.2, 0.25) is 0 Å². The molecule has 2 saturated carbocycles. The van der Waals surface area contributed by atoms with E-state index in [0.717, 1.165) is 98.8 Å². The van der Waals surface area contributed by atoms with E-state index in [4.69, 9.17) is 19.0 Å². The van der Waals surface area contributed by atoms with Crippen molar-refractivity contribution in [2.75, 3.05) is 0 Å². The summed E-state index contributed by atoms with van der Waals surface area (Å²) in [5, 5.41) is 20.8. The predicted molar refractivity (Wildman–Crippen MR) is 255 cm³/mol. The molecule has 13 nitrogen and oxygen atoms in total. The lowest BCUT2D eigenvalue weighted by Crippen LogP contribution is -2.32. The van der Waals surface area contributed by atoms with E-state index in [1.165, 1.54) is 0 Å². The summed E-state index contributed by atoms with van der Waals surface area (Å²) in [5.41, 5.74) is 7.20. The van der Waals surface area contributed by atoms with Gasteiger partial charge in [-0.3, -0.25) is 19.9 Å². The van der Waals surface area contributed by atoms with Crippen LogP contribution in [0.3, 0.4) is 0 Å². The van der Waals surface area contributed by atoms with Crippen LogP contribution in [0.15, 0.2) is 131 Å². The van der Waals surface area contributed by atoms with Crippen molar-refractivity contribution >= 4 is 22.1 Å². The minimum absolute atomic E-state index is 0.278. The van der Waals surface area contributed by atoms with Gasteiger partial charge in [-0.05, 0) is 137 Å². The van der Waals surface area contributed by atoms with Gasteiger partial charge in [0.25, 0.3) is 0 Å². The molecule has 0 spiro atoms. The maximum atomic E-state index is 17.7. The first-order valence-corrected chi connectivity index (χ1v) is 22.9. The molecule has 68 heavy (non-hydrogen) atoms. The first kappa shape index (κ1) is 42.9. The van der Waals surface area contributed by atoms with Crippen molar-refractivity contribution < 1.29 is 18.5 Å². The van der Waals surface area contributed by atoms with Gasteiger partial charge in [-0.1, -0.05) is 34.6 Å². The molecule has 14 heteroatoms. The highest BCUT2D eigenvalue weighted by Gasteiger charge is 2.44. The van der Waals surface area contributed by atoms with Crippen LogP contribution in [0, 0.1) is 27.7 Å². The van der Waals surface area contributed by atoms with E-state index in [9.17, 15) is 5.11 Å². The van der Waals surface area contributed by atoms with Gasteiger partial charge in [-0.25, -0.2) is 14.4 Å². The van der Waals surface area contributed by atoms with Gasteiger partial charge in [-0.15, -0.1) is 0 Å². The third-order valence-electron chi connectivity index (χ3n) is 13.4. The molecule has 0 radical (unpaired) electrons. The van der Waals surface area contributed by atoms with Crippen molar-refractivity contribution in [3.05, 3.63) is 190 Å². The number of aromatic nitrogens is 10. The molecule has 0 aliphatic heterocycles. The van der Waals surface area contributed by atoms with E-state index in [1.807, 2.05) is 101 Å². The summed E-state index contributed by atoms with van der Waals surface area (Å²) >= 11 is 0. The number of nitrogens with zero attached hydrogens (tertiary/aromatic N) is 10. The van der Waals surface area contributed by atoms with Crippen molar-refractivity contribution in [3.63, 3.8) is 0 Å². The van der Waals surface area contributed by atoms with Crippen LogP contribution in [0.25, 0.3) is 44.3 Å². The predicted octanol–water partition coefficient (Wildman–Crippen LogP) is 10.6. The number of imidazole rings is 2. The Bertz CT molecular complexity index is 3120. The Balaban J connectivity index is 0.000000149. The molecule has 8 aromatic heterocycles. The van der Waals surface area contributed by atoms with Crippen molar-refractivity contribution in [1.29, 1.82) is 0 Å². The van der Waals surface area contributed by atoms with E-state index in [0.29, 0.717) is 40.1 Å². The van der Waals surface area contributed by atoms with Gasteiger partial charge < -0.3 is 23.3 Å². The van der Waals surface area contributed by atoms with E-state index < -0.39 is 11.3 Å². The third-order valence-corrected chi connectivity index (χ3v) is 13.4. The standard InChI is InChI=1S/C27H24FN5O.C27H25N5O2/c1-16-24(17(2)34-32-16)19-14-20(25-21(15-19)31-26(33(25)3)18-10-11-18)27(28,22-8-4-6-12-29-22)23-9-5-7-13-30-23;1-16-24(17(2)34-31-16)19-14-20(25-21(15-19)30-26(32(25)3)18-10-11-18)27(33,22-8-4-6-12-28-22)23-9-5-7-13-29-23/h4-9,12-15,18H,10-11H2,1-3H3;4-9,12-15,18,33H,10-11H2,1-3H3. The second-order valence-electron chi connectivity index (χ2n) is 18.0. The first-order chi connectivity index (χ1) is 33.0. The zero-order valence-corrected chi connectivity index (χ0v) is 38.6. The van der Waals surface area contributed by atoms with Crippen LogP contribution in [-0.4, -0.2) is 54.5 Å². The summed E-state index contributed by atoms with van der Waals surface area (Å²) in [7, 11) is 4.00. The lowest BCUT2D eigenvalue weighted by molar-refractivity contribution is 0.117. The zero-order valence-electron chi connectivity index (χ0n) is 38.6. The number of hydrogen-bond donors (Lipinski definition) is 1. The molecule has 2 aliphatic rings. The van der Waals surface area contributed by atoms with Crippen molar-refractivity contribution in [1.82, 2.24) is 49.4 Å². The molecular formula is C54H49FN10O3. The van der Waals surface area contributed by atoms with Gasteiger partial charge in [0.15, 0.2) is 5.60 Å². The number of fused-ring (bicyclic) bond motifs is 2. The van der Waals surface area contributed by atoms with Gasteiger partial charge >= 0.3 is 0 Å². The Hall–Kier alpha value is -7.71.